The van der Waals surface area contributed by atoms with Crippen molar-refractivity contribution in [2.45, 2.75) is 25.1 Å². The van der Waals surface area contributed by atoms with Crippen molar-refractivity contribution >= 4 is 34.9 Å². The zero-order valence-corrected chi connectivity index (χ0v) is 18.3. The van der Waals surface area contributed by atoms with E-state index in [-0.39, 0.29) is 11.3 Å². The molecule has 0 bridgehead atoms. The Balaban J connectivity index is 1.73. The number of hydrogen-bond donors (Lipinski definition) is 3. The Morgan fingerprint density at radius 3 is 2.37 bits per heavy atom. The van der Waals surface area contributed by atoms with Crippen molar-refractivity contribution in [1.82, 2.24) is 10.8 Å². The third kappa shape index (κ3) is 5.72. The molecule has 0 aliphatic heterocycles. The zero-order chi connectivity index (χ0) is 21.3. The van der Waals surface area contributed by atoms with Gasteiger partial charge < -0.3 is 5.32 Å². The molecule has 1 atom stereocenters. The number of hydrogen-bond acceptors (Lipinski definition) is 5. The minimum Gasteiger partial charge on any atom is -0.335 e. The van der Waals surface area contributed by atoms with Crippen LogP contribution in [-0.2, 0) is 0 Å². The molecular formula is C23H24N2O3S2. The van der Waals surface area contributed by atoms with E-state index in [1.165, 1.54) is 11.3 Å². The molecule has 30 heavy (non-hydrogen) atoms. The maximum absolute atomic E-state index is 12.9. The zero-order valence-electron chi connectivity index (χ0n) is 16.6. The molecule has 156 valence electrons. The van der Waals surface area contributed by atoms with Crippen molar-refractivity contribution in [3.8, 4) is 11.1 Å². The van der Waals surface area contributed by atoms with E-state index in [9.17, 15) is 9.59 Å². The largest absolute Gasteiger partial charge is 0.335 e. The maximum atomic E-state index is 12.9. The molecule has 0 radical (unpaired) electrons. The lowest BCUT2D eigenvalue weighted by Gasteiger charge is -2.17. The summed E-state index contributed by atoms with van der Waals surface area (Å²) in [4.78, 5) is 25.4. The standard InChI is InChI=1S/C23H24N2O3S2/c1-2-3-13-29-23(20-14-19(15-30-20)22(27)25-28)24-21(26)18-11-9-17(10-12-18)16-7-5-4-6-8-16/h4-12,14-15,23,28H,2-3,13H2,1H3,(H,24,26)(H,25,27). The van der Waals surface area contributed by atoms with Gasteiger partial charge in [0.05, 0.1) is 5.56 Å². The molecular weight excluding hydrogens is 416 g/mol. The molecule has 7 heteroatoms. The van der Waals surface area contributed by atoms with Gasteiger partial charge in [-0.25, -0.2) is 5.48 Å². The molecule has 1 heterocycles. The molecule has 5 nitrogen and oxygen atoms in total. The Kier molecular flexibility index (Phi) is 8.07. The summed E-state index contributed by atoms with van der Waals surface area (Å²) in [5.41, 5.74) is 4.76. The van der Waals surface area contributed by atoms with Gasteiger partial charge in [0, 0.05) is 15.8 Å². The maximum Gasteiger partial charge on any atom is 0.275 e. The summed E-state index contributed by atoms with van der Waals surface area (Å²) in [6, 6.07) is 19.3. The lowest BCUT2D eigenvalue weighted by molar-refractivity contribution is 0.0707. The number of carbonyl (C=O) groups is 2. The molecule has 0 aliphatic rings. The number of rotatable bonds is 9. The minimum atomic E-state index is -0.558. The molecule has 0 spiro atoms. The van der Waals surface area contributed by atoms with Gasteiger partial charge in [-0.05, 0) is 41.5 Å². The summed E-state index contributed by atoms with van der Waals surface area (Å²) in [6.07, 6.45) is 2.11. The van der Waals surface area contributed by atoms with Gasteiger partial charge in [-0.1, -0.05) is 55.8 Å². The number of nitrogens with one attached hydrogen (secondary N) is 2. The van der Waals surface area contributed by atoms with Crippen molar-refractivity contribution < 1.29 is 14.8 Å². The first-order valence-electron chi connectivity index (χ1n) is 9.73. The van der Waals surface area contributed by atoms with Crippen molar-refractivity contribution in [1.29, 1.82) is 0 Å². The lowest BCUT2D eigenvalue weighted by Crippen LogP contribution is -2.26. The van der Waals surface area contributed by atoms with E-state index < -0.39 is 5.91 Å². The first-order chi connectivity index (χ1) is 14.6. The second kappa shape index (κ2) is 11.0. The first kappa shape index (κ1) is 22.1. The van der Waals surface area contributed by atoms with Gasteiger partial charge in [-0.15, -0.1) is 23.1 Å². The Morgan fingerprint density at radius 1 is 1.00 bits per heavy atom. The Hall–Kier alpha value is -2.61. The van der Waals surface area contributed by atoms with Crippen molar-refractivity contribution in [2.75, 3.05) is 5.75 Å². The number of thioether (sulfide) groups is 1. The van der Waals surface area contributed by atoms with Gasteiger partial charge in [-0.2, -0.15) is 0 Å². The van der Waals surface area contributed by atoms with E-state index in [2.05, 4.69) is 12.2 Å². The number of thiophene rings is 1. The van der Waals surface area contributed by atoms with Crippen LogP contribution in [0.3, 0.4) is 0 Å². The summed E-state index contributed by atoms with van der Waals surface area (Å²) in [6.45, 7) is 2.12. The van der Waals surface area contributed by atoms with Gasteiger partial charge in [0.15, 0.2) is 0 Å². The van der Waals surface area contributed by atoms with Crippen LogP contribution in [0, 0.1) is 0 Å². The van der Waals surface area contributed by atoms with Crippen molar-refractivity contribution in [3.05, 3.63) is 82.0 Å². The van der Waals surface area contributed by atoms with Crippen LogP contribution < -0.4 is 10.8 Å². The fourth-order valence-corrected chi connectivity index (χ4v) is 5.16. The summed E-state index contributed by atoms with van der Waals surface area (Å²) in [5.74, 6) is 0.177. The molecule has 2 aromatic carbocycles. The topological polar surface area (TPSA) is 78.4 Å². The highest BCUT2D eigenvalue weighted by Crippen LogP contribution is 2.32. The number of amides is 2. The van der Waals surface area contributed by atoms with Crippen LogP contribution in [0.1, 0.15) is 50.7 Å². The van der Waals surface area contributed by atoms with E-state index in [1.54, 1.807) is 28.7 Å². The highest BCUT2D eigenvalue weighted by atomic mass is 32.2. The van der Waals surface area contributed by atoms with Crippen LogP contribution in [0.5, 0.6) is 0 Å². The predicted molar refractivity (Wildman–Crippen MR) is 123 cm³/mol. The van der Waals surface area contributed by atoms with Gasteiger partial charge in [0.25, 0.3) is 11.8 Å². The fraction of sp³-hybridized carbons (Fsp3) is 0.217. The van der Waals surface area contributed by atoms with E-state index in [0.29, 0.717) is 11.1 Å². The highest BCUT2D eigenvalue weighted by Gasteiger charge is 2.19. The SMILES string of the molecule is CCCCSC(NC(=O)c1ccc(-c2ccccc2)cc1)c1cc(C(=O)NO)cs1. The van der Waals surface area contributed by atoms with Gasteiger partial charge in [0.1, 0.15) is 5.37 Å². The Bertz CT molecular complexity index is 972. The summed E-state index contributed by atoms with van der Waals surface area (Å²) in [7, 11) is 0. The molecule has 1 unspecified atom stereocenters. The smallest absolute Gasteiger partial charge is 0.275 e. The first-order valence-corrected chi connectivity index (χ1v) is 11.7. The van der Waals surface area contributed by atoms with Crippen LogP contribution >= 0.6 is 23.1 Å². The fourth-order valence-electron chi connectivity index (χ4n) is 2.86. The molecule has 1 aromatic heterocycles. The lowest BCUT2D eigenvalue weighted by atomic mass is 10.0. The minimum absolute atomic E-state index is 0.162. The summed E-state index contributed by atoms with van der Waals surface area (Å²) >= 11 is 3.03. The van der Waals surface area contributed by atoms with E-state index >= 15 is 0 Å². The summed E-state index contributed by atoms with van der Waals surface area (Å²) < 4.78 is 0. The molecule has 2 amide bonds. The quantitative estimate of drug-likeness (QED) is 0.178. The molecule has 0 saturated carbocycles. The van der Waals surface area contributed by atoms with Crippen LogP contribution in [-0.4, -0.2) is 22.8 Å². The van der Waals surface area contributed by atoms with Crippen LogP contribution in [0.25, 0.3) is 11.1 Å². The number of unbranched alkanes of at least 4 members (excludes halogenated alkanes) is 1. The second-order valence-corrected chi connectivity index (χ2v) is 8.86. The van der Waals surface area contributed by atoms with E-state index in [1.807, 2.05) is 54.6 Å². The van der Waals surface area contributed by atoms with E-state index in [4.69, 9.17) is 5.21 Å². The van der Waals surface area contributed by atoms with Crippen LogP contribution in [0.2, 0.25) is 0 Å². The van der Waals surface area contributed by atoms with Crippen molar-refractivity contribution in [2.24, 2.45) is 0 Å². The van der Waals surface area contributed by atoms with Crippen molar-refractivity contribution in [3.63, 3.8) is 0 Å². The summed E-state index contributed by atoms with van der Waals surface area (Å²) in [5, 5.41) is 13.3. The molecule has 0 aliphatic carbocycles. The number of benzene rings is 2. The third-order valence-corrected chi connectivity index (χ3v) is 6.92. The normalized spacial score (nSPS) is 11.7. The third-order valence-electron chi connectivity index (χ3n) is 4.54. The number of carbonyl (C=O) groups excluding carboxylic acids is 2. The molecule has 3 rings (SSSR count). The van der Waals surface area contributed by atoms with Crippen LogP contribution in [0.4, 0.5) is 0 Å². The average Bonchev–Trinajstić information content (AvgIpc) is 3.29. The van der Waals surface area contributed by atoms with Crippen LogP contribution in [0.15, 0.2) is 66.0 Å². The Labute approximate surface area is 184 Å². The second-order valence-electron chi connectivity index (χ2n) is 6.70. The van der Waals surface area contributed by atoms with Gasteiger partial charge in [0.2, 0.25) is 0 Å². The Morgan fingerprint density at radius 2 is 1.70 bits per heavy atom. The predicted octanol–water partition coefficient (Wildman–Crippen LogP) is 5.50. The average molecular weight is 441 g/mol. The highest BCUT2D eigenvalue weighted by molar-refractivity contribution is 7.99. The van der Waals surface area contributed by atoms with E-state index in [0.717, 1.165) is 34.6 Å². The van der Waals surface area contributed by atoms with Gasteiger partial charge >= 0.3 is 0 Å². The molecule has 0 fully saturated rings. The molecule has 3 aromatic rings. The monoisotopic (exact) mass is 440 g/mol. The van der Waals surface area contributed by atoms with Gasteiger partial charge in [-0.3, -0.25) is 14.8 Å². The molecule has 0 saturated heterocycles. The number of hydroxylamine groups is 1. The molecule has 3 N–H and O–H groups in total.